The molecule has 1 nitrogen and oxygen atoms in total. The largest absolute Gasteiger partial charge is 0.455 e. The normalized spacial score (nSPS) is 12.0. The summed E-state index contributed by atoms with van der Waals surface area (Å²) in [6.45, 7) is 0. The Morgan fingerprint density at radius 3 is 1.59 bits per heavy atom. The van der Waals surface area contributed by atoms with Gasteiger partial charge in [0, 0.05) is 22.3 Å². The Hall–Kier alpha value is -6.96. The standard InChI is InChI=1S/C53H36O/c1-2-11-36(12-3-1)37-23-25-38(26-24-37)39-29-33-43(34-30-39)52(49-20-9-14-41-13-4-5-17-46(41)49)45-16-8-15-44(35-45)40-27-31-42(32-28-40)47-19-10-21-50-48-18-6-7-22-51(48)54-53(47)50/h1-35,52H. The average molecular weight is 689 g/mol. The van der Waals surface area contributed by atoms with Crippen molar-refractivity contribution in [1.82, 2.24) is 0 Å². The maximum atomic E-state index is 6.36. The first-order valence-electron chi connectivity index (χ1n) is 18.6. The van der Waals surface area contributed by atoms with Crippen LogP contribution in [0.2, 0.25) is 0 Å². The summed E-state index contributed by atoms with van der Waals surface area (Å²) in [5.41, 5.74) is 15.2. The number of hydrogen-bond acceptors (Lipinski definition) is 1. The number of rotatable bonds is 7. The molecule has 0 fully saturated rings. The summed E-state index contributed by atoms with van der Waals surface area (Å²) in [4.78, 5) is 0. The van der Waals surface area contributed by atoms with E-state index in [0.717, 1.165) is 33.1 Å². The van der Waals surface area contributed by atoms with Gasteiger partial charge in [-0.25, -0.2) is 0 Å². The summed E-state index contributed by atoms with van der Waals surface area (Å²) in [5, 5.41) is 4.82. The van der Waals surface area contributed by atoms with E-state index in [2.05, 4.69) is 200 Å². The smallest absolute Gasteiger partial charge is 0.143 e. The Morgan fingerprint density at radius 2 is 0.833 bits per heavy atom. The highest BCUT2D eigenvalue weighted by Crippen LogP contribution is 2.40. The van der Waals surface area contributed by atoms with Gasteiger partial charge in [-0.05, 0) is 72.5 Å². The van der Waals surface area contributed by atoms with Crippen LogP contribution >= 0.6 is 0 Å². The highest BCUT2D eigenvalue weighted by Gasteiger charge is 2.20. The van der Waals surface area contributed by atoms with Crippen LogP contribution in [0.1, 0.15) is 22.6 Å². The third-order valence-corrected chi connectivity index (χ3v) is 10.9. The molecular weight excluding hydrogens is 653 g/mol. The van der Waals surface area contributed by atoms with Crippen molar-refractivity contribution in [1.29, 1.82) is 0 Å². The molecule has 0 radical (unpaired) electrons. The van der Waals surface area contributed by atoms with Gasteiger partial charge in [0.2, 0.25) is 0 Å². The third kappa shape index (κ3) is 5.77. The molecule has 0 aliphatic carbocycles. The molecule has 0 aliphatic heterocycles. The van der Waals surface area contributed by atoms with E-state index in [1.54, 1.807) is 0 Å². The Morgan fingerprint density at radius 1 is 0.315 bits per heavy atom. The predicted molar refractivity (Wildman–Crippen MR) is 227 cm³/mol. The number of hydrogen-bond donors (Lipinski definition) is 0. The molecule has 1 unspecified atom stereocenters. The third-order valence-electron chi connectivity index (χ3n) is 10.9. The van der Waals surface area contributed by atoms with E-state index in [9.17, 15) is 0 Å². The van der Waals surface area contributed by atoms with Crippen LogP contribution < -0.4 is 0 Å². The van der Waals surface area contributed by atoms with Crippen molar-refractivity contribution in [2.75, 3.05) is 0 Å². The second-order valence-corrected chi connectivity index (χ2v) is 14.1. The van der Waals surface area contributed by atoms with Crippen LogP contribution in [0.4, 0.5) is 0 Å². The topological polar surface area (TPSA) is 13.1 Å². The molecule has 1 heterocycles. The van der Waals surface area contributed by atoms with Gasteiger partial charge in [-0.3, -0.25) is 0 Å². The van der Waals surface area contributed by atoms with Crippen LogP contribution in [-0.4, -0.2) is 0 Å². The molecule has 254 valence electrons. The lowest BCUT2D eigenvalue weighted by Crippen LogP contribution is -2.04. The maximum absolute atomic E-state index is 6.36. The van der Waals surface area contributed by atoms with Crippen molar-refractivity contribution >= 4 is 32.7 Å². The molecule has 10 aromatic rings. The highest BCUT2D eigenvalue weighted by molar-refractivity contribution is 6.09. The molecule has 0 amide bonds. The van der Waals surface area contributed by atoms with Crippen LogP contribution in [0, 0.1) is 0 Å². The van der Waals surface area contributed by atoms with E-state index in [-0.39, 0.29) is 5.92 Å². The van der Waals surface area contributed by atoms with Gasteiger partial charge in [-0.2, -0.15) is 0 Å². The van der Waals surface area contributed by atoms with Crippen molar-refractivity contribution in [3.8, 4) is 44.5 Å². The molecule has 0 spiro atoms. The van der Waals surface area contributed by atoms with Crippen molar-refractivity contribution < 1.29 is 4.42 Å². The fourth-order valence-electron chi connectivity index (χ4n) is 8.12. The van der Waals surface area contributed by atoms with Crippen LogP contribution in [-0.2, 0) is 0 Å². The van der Waals surface area contributed by atoms with Crippen LogP contribution in [0.5, 0.6) is 0 Å². The molecule has 54 heavy (non-hydrogen) atoms. The lowest BCUT2D eigenvalue weighted by Gasteiger charge is -2.22. The summed E-state index contributed by atoms with van der Waals surface area (Å²) in [6.07, 6.45) is 0. The van der Waals surface area contributed by atoms with Crippen LogP contribution in [0.25, 0.3) is 77.2 Å². The molecule has 9 aromatic carbocycles. The molecule has 1 atom stereocenters. The van der Waals surface area contributed by atoms with Crippen molar-refractivity contribution in [3.63, 3.8) is 0 Å². The summed E-state index contributed by atoms with van der Waals surface area (Å²) >= 11 is 0. The minimum Gasteiger partial charge on any atom is -0.455 e. The highest BCUT2D eigenvalue weighted by atomic mass is 16.3. The molecule has 10 rings (SSSR count). The lowest BCUT2D eigenvalue weighted by molar-refractivity contribution is 0.670. The second-order valence-electron chi connectivity index (χ2n) is 14.1. The molecule has 1 aromatic heterocycles. The zero-order chi connectivity index (χ0) is 35.8. The Labute approximate surface area is 315 Å². The fourth-order valence-corrected chi connectivity index (χ4v) is 8.12. The average Bonchev–Trinajstić information content (AvgIpc) is 3.64. The van der Waals surface area contributed by atoms with Gasteiger partial charge in [0.05, 0.1) is 0 Å². The van der Waals surface area contributed by atoms with Crippen molar-refractivity contribution in [2.45, 2.75) is 5.92 Å². The lowest BCUT2D eigenvalue weighted by atomic mass is 9.81. The second kappa shape index (κ2) is 13.5. The van der Waals surface area contributed by atoms with E-state index in [4.69, 9.17) is 4.42 Å². The van der Waals surface area contributed by atoms with E-state index in [0.29, 0.717) is 0 Å². The first-order valence-corrected chi connectivity index (χ1v) is 18.6. The summed E-state index contributed by atoms with van der Waals surface area (Å²) in [6, 6.07) is 76.7. The number of furan rings is 1. The van der Waals surface area contributed by atoms with E-state index in [1.165, 1.54) is 60.8 Å². The summed E-state index contributed by atoms with van der Waals surface area (Å²) in [5.74, 6) is 0.0514. The Bertz CT molecular complexity index is 2890. The van der Waals surface area contributed by atoms with Crippen molar-refractivity contribution in [2.24, 2.45) is 0 Å². The Balaban J connectivity index is 1.01. The molecule has 0 N–H and O–H groups in total. The molecule has 0 saturated carbocycles. The molecular formula is C53H36O. The number of fused-ring (bicyclic) bond motifs is 4. The zero-order valence-electron chi connectivity index (χ0n) is 29.7. The zero-order valence-corrected chi connectivity index (χ0v) is 29.7. The number of benzene rings is 9. The van der Waals surface area contributed by atoms with Gasteiger partial charge < -0.3 is 4.42 Å². The van der Waals surface area contributed by atoms with Gasteiger partial charge >= 0.3 is 0 Å². The van der Waals surface area contributed by atoms with Gasteiger partial charge in [-0.15, -0.1) is 0 Å². The van der Waals surface area contributed by atoms with E-state index in [1.807, 2.05) is 12.1 Å². The summed E-state index contributed by atoms with van der Waals surface area (Å²) < 4.78 is 6.36. The van der Waals surface area contributed by atoms with Gasteiger partial charge in [0.15, 0.2) is 0 Å². The molecule has 0 bridgehead atoms. The first kappa shape index (κ1) is 31.7. The molecule has 0 aliphatic rings. The van der Waals surface area contributed by atoms with Gasteiger partial charge in [0.25, 0.3) is 0 Å². The van der Waals surface area contributed by atoms with Crippen molar-refractivity contribution in [3.05, 3.63) is 229 Å². The van der Waals surface area contributed by atoms with Crippen LogP contribution in [0.3, 0.4) is 0 Å². The van der Waals surface area contributed by atoms with Gasteiger partial charge in [0.1, 0.15) is 11.2 Å². The Kier molecular flexibility index (Phi) is 7.96. The first-order chi connectivity index (χ1) is 26.8. The minimum atomic E-state index is 0.0514. The SMILES string of the molecule is c1ccc(-c2ccc(-c3ccc(C(c4cccc(-c5ccc(-c6cccc7c6oc6ccccc67)cc5)c4)c4cccc5ccccc45)cc3)cc2)cc1. The quantitative estimate of drug-likeness (QED) is 0.152. The molecule has 0 saturated heterocycles. The maximum Gasteiger partial charge on any atom is 0.143 e. The number of para-hydroxylation sites is 2. The fraction of sp³-hybridized carbons (Fsp3) is 0.0189. The monoisotopic (exact) mass is 688 g/mol. The predicted octanol–water partition coefficient (Wildman–Crippen LogP) is 14.6. The van der Waals surface area contributed by atoms with E-state index < -0.39 is 0 Å². The van der Waals surface area contributed by atoms with E-state index >= 15 is 0 Å². The minimum absolute atomic E-state index is 0.0514. The molecule has 1 heteroatoms. The van der Waals surface area contributed by atoms with Gasteiger partial charge in [-0.1, -0.05) is 206 Å². The van der Waals surface area contributed by atoms with Crippen LogP contribution in [0.15, 0.2) is 217 Å². The summed E-state index contributed by atoms with van der Waals surface area (Å²) in [7, 11) is 0.